The lowest BCUT2D eigenvalue weighted by Crippen LogP contribution is -2.09. The molecule has 12 rings (SSSR count). The van der Waals surface area contributed by atoms with E-state index in [1.807, 2.05) is 11.3 Å². The molecule has 3 nitrogen and oxygen atoms in total. The van der Waals surface area contributed by atoms with Crippen LogP contribution < -0.4 is 4.90 Å². The van der Waals surface area contributed by atoms with Crippen molar-refractivity contribution >= 4 is 97.8 Å². The van der Waals surface area contributed by atoms with Gasteiger partial charge in [-0.25, -0.2) is 0 Å². The van der Waals surface area contributed by atoms with Crippen LogP contribution in [0.5, 0.6) is 0 Å². The maximum Gasteiger partial charge on any atom is 0.214 e. The van der Waals surface area contributed by atoms with E-state index in [2.05, 4.69) is 197 Å². The first-order valence-electron chi connectivity index (χ1n) is 19.8. The Morgan fingerprint density at radius 3 is 1.93 bits per heavy atom. The number of hydrogen-bond donors (Lipinski definition) is 0. The maximum absolute atomic E-state index is 7.00. The highest BCUT2D eigenvalue weighted by molar-refractivity contribution is 7.25. The smallest absolute Gasteiger partial charge is 0.214 e. The quantitative estimate of drug-likeness (QED) is 0.154. The van der Waals surface area contributed by atoms with Crippen molar-refractivity contribution in [3.05, 3.63) is 205 Å². The summed E-state index contributed by atoms with van der Waals surface area (Å²) in [4.78, 5) is 3.57. The molecule has 0 aliphatic carbocycles. The highest BCUT2D eigenvalue weighted by Crippen LogP contribution is 2.49. The molecule has 0 saturated carbocycles. The maximum atomic E-state index is 7.00. The number of thiophene rings is 1. The van der Waals surface area contributed by atoms with E-state index < -0.39 is 0 Å². The second kappa shape index (κ2) is 12.8. The van der Waals surface area contributed by atoms with Crippen LogP contribution in [0.25, 0.3) is 69.4 Å². The molecule has 8 aromatic carbocycles. The molecule has 1 unspecified atom stereocenters. The van der Waals surface area contributed by atoms with E-state index in [1.165, 1.54) is 74.8 Å². The number of aryl methyl sites for hydroxylation is 1. The van der Waals surface area contributed by atoms with Gasteiger partial charge in [0.1, 0.15) is 10.4 Å². The van der Waals surface area contributed by atoms with Crippen LogP contribution in [0.3, 0.4) is 0 Å². The van der Waals surface area contributed by atoms with Gasteiger partial charge in [-0.2, -0.15) is 0 Å². The monoisotopic (exact) mass is 748 g/mol. The highest BCUT2D eigenvalue weighted by Gasteiger charge is 2.26. The highest BCUT2D eigenvalue weighted by atomic mass is 32.1. The molecule has 0 bridgehead atoms. The third-order valence-electron chi connectivity index (χ3n) is 12.0. The van der Waals surface area contributed by atoms with Crippen LogP contribution in [0.1, 0.15) is 29.0 Å². The van der Waals surface area contributed by atoms with Gasteiger partial charge in [-0.15, -0.1) is 11.3 Å². The molecule has 0 fully saturated rings. The summed E-state index contributed by atoms with van der Waals surface area (Å²) in [7, 11) is 0. The van der Waals surface area contributed by atoms with Gasteiger partial charge in [-0.05, 0) is 94.9 Å². The summed E-state index contributed by atoms with van der Waals surface area (Å²) in [6.07, 6.45) is 2.04. The lowest BCUT2D eigenvalue weighted by molar-refractivity contribution is 0.649. The van der Waals surface area contributed by atoms with Gasteiger partial charge >= 0.3 is 0 Å². The molecule has 0 aliphatic rings. The normalized spacial score (nSPS) is 12.6. The Labute approximate surface area is 333 Å². The second-order valence-corrected chi connectivity index (χ2v) is 16.3. The average molecular weight is 749 g/mol. The van der Waals surface area contributed by atoms with Crippen LogP contribution in [0.15, 0.2) is 192 Å². The van der Waals surface area contributed by atoms with Gasteiger partial charge in [0.15, 0.2) is 0 Å². The number of hydrogen-bond acceptors (Lipinski definition) is 3. The van der Waals surface area contributed by atoms with Crippen molar-refractivity contribution in [2.75, 3.05) is 4.90 Å². The lowest BCUT2D eigenvalue weighted by atomic mass is 9.86. The lowest BCUT2D eigenvalue weighted by Gasteiger charge is -2.25. The number of aromatic nitrogens is 1. The molecule has 57 heavy (non-hydrogen) atoms. The molecular formula is C53H36N2OS. The van der Waals surface area contributed by atoms with Gasteiger partial charge in [0, 0.05) is 54.6 Å². The van der Waals surface area contributed by atoms with Gasteiger partial charge in [0.05, 0.1) is 10.9 Å². The standard InChI is InChI=1S/C53H36N2OS/c1-5-14-34(15-6-1)24-28-42(35-16-7-2-8-17-35)37-26-29-43-47(32-37)56-52-49(43)44-22-13-23-45-50-46-31-36-25-27-41(30-38(36)33-48(46)57-53(50)55(52)51(44)45)54(39-18-9-3-10-19-39)40-20-11-4-12-21-40/h1-23,25-27,29-33,42H,24,28H2. The topological polar surface area (TPSA) is 20.8 Å². The van der Waals surface area contributed by atoms with E-state index in [9.17, 15) is 0 Å². The van der Waals surface area contributed by atoms with Gasteiger partial charge in [0.2, 0.25) is 5.71 Å². The van der Waals surface area contributed by atoms with E-state index in [0.29, 0.717) is 0 Å². The number of fused-ring (bicyclic) bond motifs is 11. The molecule has 4 heteroatoms. The van der Waals surface area contributed by atoms with Crippen LogP contribution >= 0.6 is 11.3 Å². The Morgan fingerprint density at radius 2 is 1.19 bits per heavy atom. The van der Waals surface area contributed by atoms with Crippen molar-refractivity contribution in [2.45, 2.75) is 18.8 Å². The van der Waals surface area contributed by atoms with E-state index in [-0.39, 0.29) is 5.92 Å². The molecule has 0 saturated heterocycles. The predicted octanol–water partition coefficient (Wildman–Crippen LogP) is 15.2. The third kappa shape index (κ3) is 5.11. The van der Waals surface area contributed by atoms with E-state index >= 15 is 0 Å². The fourth-order valence-corrected chi connectivity index (χ4v) is 10.6. The zero-order valence-electron chi connectivity index (χ0n) is 31.1. The minimum absolute atomic E-state index is 0.262. The number of furan rings is 1. The largest absolute Gasteiger partial charge is 0.439 e. The zero-order valence-corrected chi connectivity index (χ0v) is 31.9. The molecule has 12 aromatic rings. The molecule has 4 heterocycles. The summed E-state index contributed by atoms with van der Waals surface area (Å²) < 4.78 is 10.7. The molecule has 1 atom stereocenters. The first kappa shape index (κ1) is 32.4. The van der Waals surface area contributed by atoms with Crippen LogP contribution in [-0.2, 0) is 6.42 Å². The van der Waals surface area contributed by atoms with Gasteiger partial charge in [-0.1, -0.05) is 133 Å². The summed E-state index contributed by atoms with van der Waals surface area (Å²) in [5, 5.41) is 9.98. The molecule has 270 valence electrons. The zero-order chi connectivity index (χ0) is 37.5. The SMILES string of the molecule is c1ccc(CCC(c2ccccc2)c2ccc3c(c2)oc2c3c3cccc4c5c6cc7ccc(N(c8ccccc8)c8ccccc8)cc7cc6sc5n2c34)cc1. The van der Waals surface area contributed by atoms with Crippen LogP contribution in [0, 0.1) is 0 Å². The van der Waals surface area contributed by atoms with Crippen LogP contribution in [-0.4, -0.2) is 4.40 Å². The minimum atomic E-state index is 0.262. The summed E-state index contributed by atoms with van der Waals surface area (Å²) in [6.45, 7) is 0. The van der Waals surface area contributed by atoms with Gasteiger partial charge < -0.3 is 9.32 Å². The number of anilines is 3. The van der Waals surface area contributed by atoms with Crippen LogP contribution in [0.4, 0.5) is 17.1 Å². The number of nitrogens with zero attached hydrogens (tertiary/aromatic N) is 2. The average Bonchev–Trinajstić information content (AvgIpc) is 4.00. The molecule has 0 amide bonds. The van der Waals surface area contributed by atoms with Crippen molar-refractivity contribution in [3.63, 3.8) is 0 Å². The predicted molar refractivity (Wildman–Crippen MR) is 241 cm³/mol. The number of rotatable bonds is 8. The molecule has 0 N–H and O–H groups in total. The Kier molecular flexibility index (Phi) is 7.29. The van der Waals surface area contributed by atoms with E-state index in [0.717, 1.165) is 41.2 Å². The third-order valence-corrected chi connectivity index (χ3v) is 13.1. The summed E-state index contributed by atoms with van der Waals surface area (Å²) in [5.41, 5.74) is 10.5. The Hall–Kier alpha value is -6.88. The Morgan fingerprint density at radius 1 is 0.509 bits per heavy atom. The Balaban J connectivity index is 1.01. The minimum Gasteiger partial charge on any atom is -0.439 e. The van der Waals surface area contributed by atoms with E-state index in [4.69, 9.17) is 4.42 Å². The first-order valence-corrected chi connectivity index (χ1v) is 20.6. The number of para-hydroxylation sites is 3. The summed E-state index contributed by atoms with van der Waals surface area (Å²) in [5.74, 6) is 0.262. The molecule has 0 radical (unpaired) electrons. The van der Waals surface area contributed by atoms with Crippen molar-refractivity contribution in [2.24, 2.45) is 0 Å². The molecule has 4 aromatic heterocycles. The van der Waals surface area contributed by atoms with Gasteiger partial charge in [-0.3, -0.25) is 4.40 Å². The fourth-order valence-electron chi connectivity index (χ4n) is 9.36. The van der Waals surface area contributed by atoms with Crippen LogP contribution in [0.2, 0.25) is 0 Å². The van der Waals surface area contributed by atoms with E-state index in [1.54, 1.807) is 0 Å². The number of benzene rings is 8. The van der Waals surface area contributed by atoms with Gasteiger partial charge in [0.25, 0.3) is 0 Å². The Bertz CT molecular complexity index is 3360. The first-order chi connectivity index (χ1) is 28.3. The van der Waals surface area contributed by atoms with Crippen molar-refractivity contribution < 1.29 is 4.42 Å². The van der Waals surface area contributed by atoms with Crippen molar-refractivity contribution in [1.29, 1.82) is 0 Å². The second-order valence-electron chi connectivity index (χ2n) is 15.2. The molecule has 0 aliphatic heterocycles. The molecule has 0 spiro atoms. The summed E-state index contributed by atoms with van der Waals surface area (Å²) in [6, 6.07) is 68.4. The fraction of sp³-hybridized carbons (Fsp3) is 0.0566. The van der Waals surface area contributed by atoms with Crippen molar-refractivity contribution in [3.8, 4) is 0 Å². The van der Waals surface area contributed by atoms with Crippen molar-refractivity contribution in [1.82, 2.24) is 4.40 Å². The summed E-state index contributed by atoms with van der Waals surface area (Å²) >= 11 is 1.87. The molecular weight excluding hydrogens is 713 g/mol.